The molecular formula is C24H42F3N5O3. The number of aliphatic hydroxyl groups is 1. The first-order chi connectivity index (χ1) is 16.3. The van der Waals surface area contributed by atoms with Gasteiger partial charge in [-0.05, 0) is 70.8 Å². The van der Waals surface area contributed by atoms with Gasteiger partial charge in [-0.15, -0.1) is 0 Å². The second kappa shape index (κ2) is 10.4. The van der Waals surface area contributed by atoms with Gasteiger partial charge in [-0.2, -0.15) is 13.2 Å². The largest absolute Gasteiger partial charge is 0.392 e. The van der Waals surface area contributed by atoms with Crippen molar-refractivity contribution in [3.05, 3.63) is 10.1 Å². The van der Waals surface area contributed by atoms with Crippen LogP contribution in [0.3, 0.4) is 0 Å². The lowest BCUT2D eigenvalue weighted by atomic mass is 9.67. The number of aliphatic hydroxyl groups excluding tert-OH is 1. The monoisotopic (exact) mass is 505 g/mol. The van der Waals surface area contributed by atoms with Crippen molar-refractivity contribution >= 4 is 0 Å². The molecule has 2 heterocycles. The van der Waals surface area contributed by atoms with Crippen molar-refractivity contribution in [3.63, 3.8) is 0 Å². The highest BCUT2D eigenvalue weighted by Gasteiger charge is 2.51. The fraction of sp³-hybridized carbons (Fsp3) is 1.00. The molecule has 0 radical (unpaired) electrons. The molecule has 202 valence electrons. The zero-order valence-electron chi connectivity index (χ0n) is 21.2. The van der Waals surface area contributed by atoms with Crippen molar-refractivity contribution in [1.82, 2.24) is 20.9 Å². The van der Waals surface area contributed by atoms with E-state index in [1.807, 2.05) is 14.0 Å². The van der Waals surface area contributed by atoms with E-state index in [1.54, 1.807) is 0 Å². The first-order valence-electron chi connectivity index (χ1n) is 13.2. The lowest BCUT2D eigenvalue weighted by molar-refractivity contribution is -0.532. The molecule has 8 nitrogen and oxygen atoms in total. The number of likely N-dealkylation sites (tertiary alicyclic amines) is 1. The summed E-state index contributed by atoms with van der Waals surface area (Å²) < 4.78 is 40.6. The van der Waals surface area contributed by atoms with Gasteiger partial charge in [0.15, 0.2) is 0 Å². The van der Waals surface area contributed by atoms with Crippen molar-refractivity contribution in [2.45, 2.75) is 115 Å². The van der Waals surface area contributed by atoms with Gasteiger partial charge in [0.05, 0.1) is 18.2 Å². The van der Waals surface area contributed by atoms with Gasteiger partial charge in [-0.3, -0.25) is 31.0 Å². The SMILES string of the molecule is CC1NC2CC(C)C(C3CCC(O)N3C)CC2C(NC(C)C2CC([N+](=O)[O-])CC(C(F)(F)F)C2)N1. The van der Waals surface area contributed by atoms with Gasteiger partial charge in [0.25, 0.3) is 0 Å². The molecule has 0 aromatic carbocycles. The average Bonchev–Trinajstić information content (AvgIpc) is 3.10. The van der Waals surface area contributed by atoms with Crippen LogP contribution in [0.25, 0.3) is 0 Å². The number of rotatable bonds is 5. The summed E-state index contributed by atoms with van der Waals surface area (Å²) in [6, 6.07) is -0.814. The number of hydrogen-bond acceptors (Lipinski definition) is 7. The molecule has 2 aliphatic heterocycles. The molecule has 12 unspecified atom stereocenters. The van der Waals surface area contributed by atoms with Crippen molar-refractivity contribution < 1.29 is 23.2 Å². The van der Waals surface area contributed by atoms with Gasteiger partial charge in [0.2, 0.25) is 6.04 Å². The van der Waals surface area contributed by atoms with Crippen LogP contribution in [0.15, 0.2) is 0 Å². The molecule has 2 saturated carbocycles. The summed E-state index contributed by atoms with van der Waals surface area (Å²) in [7, 11) is 1.99. The minimum atomic E-state index is -4.41. The van der Waals surface area contributed by atoms with Crippen LogP contribution in [0, 0.1) is 39.7 Å². The van der Waals surface area contributed by atoms with Crippen LogP contribution in [-0.2, 0) is 0 Å². The molecule has 11 heteroatoms. The van der Waals surface area contributed by atoms with Crippen LogP contribution >= 0.6 is 0 Å². The predicted octanol–water partition coefficient (Wildman–Crippen LogP) is 2.90. The van der Waals surface area contributed by atoms with Crippen molar-refractivity contribution in [2.75, 3.05) is 7.05 Å². The third-order valence-corrected chi connectivity index (χ3v) is 9.58. The molecule has 2 saturated heterocycles. The fourth-order valence-corrected chi connectivity index (χ4v) is 7.55. The van der Waals surface area contributed by atoms with Gasteiger partial charge in [-0.25, -0.2) is 0 Å². The molecule has 0 spiro atoms. The zero-order chi connectivity index (χ0) is 25.7. The first-order valence-corrected chi connectivity index (χ1v) is 13.2. The molecule has 0 aromatic heterocycles. The number of nitrogens with one attached hydrogen (secondary N) is 3. The molecule has 12 atom stereocenters. The van der Waals surface area contributed by atoms with E-state index in [2.05, 4.69) is 34.7 Å². The fourth-order valence-electron chi connectivity index (χ4n) is 7.55. The summed E-state index contributed by atoms with van der Waals surface area (Å²) in [4.78, 5) is 13.0. The molecule has 4 N–H and O–H groups in total. The molecule has 0 aromatic rings. The standard InChI is InChI=1S/C24H42F3N5O3/c1-12-7-20-19(11-18(12)21-5-6-22(33)31(21)4)23(30-14(3)29-20)28-13(2)15-8-16(24(25,26)27)10-17(9-15)32(34)35/h12-23,28-30,33H,5-11H2,1-4H3. The summed E-state index contributed by atoms with van der Waals surface area (Å²) in [5.41, 5.74) is 0. The molecule has 4 aliphatic rings. The Bertz CT molecular complexity index is 758. The van der Waals surface area contributed by atoms with E-state index in [0.717, 1.165) is 25.7 Å². The smallest absolute Gasteiger partial charge is 0.378 e. The Kier molecular flexibility index (Phi) is 8.03. The maximum absolute atomic E-state index is 13.5. The Labute approximate surface area is 205 Å². The summed E-state index contributed by atoms with van der Waals surface area (Å²) in [5.74, 6) is -0.868. The summed E-state index contributed by atoms with van der Waals surface area (Å²) in [6.45, 7) is 6.22. The Morgan fingerprint density at radius 2 is 1.80 bits per heavy atom. The summed E-state index contributed by atoms with van der Waals surface area (Å²) in [6.07, 6.45) is -1.44. The Morgan fingerprint density at radius 1 is 1.09 bits per heavy atom. The van der Waals surface area contributed by atoms with Crippen LogP contribution < -0.4 is 16.0 Å². The molecule has 2 aliphatic carbocycles. The third-order valence-electron chi connectivity index (χ3n) is 9.58. The van der Waals surface area contributed by atoms with Crippen LogP contribution in [0.5, 0.6) is 0 Å². The van der Waals surface area contributed by atoms with Crippen LogP contribution in [0.2, 0.25) is 0 Å². The van der Waals surface area contributed by atoms with Crippen molar-refractivity contribution in [1.29, 1.82) is 0 Å². The van der Waals surface area contributed by atoms with E-state index in [1.165, 1.54) is 0 Å². The molecule has 0 amide bonds. The van der Waals surface area contributed by atoms with E-state index in [0.29, 0.717) is 23.9 Å². The second-order valence-electron chi connectivity index (χ2n) is 11.8. The lowest BCUT2D eigenvalue weighted by Crippen LogP contribution is -2.70. The number of fused-ring (bicyclic) bond motifs is 1. The van der Waals surface area contributed by atoms with Gasteiger partial charge in [0.1, 0.15) is 6.23 Å². The minimum absolute atomic E-state index is 0.0569. The van der Waals surface area contributed by atoms with Gasteiger partial charge in [0, 0.05) is 41.8 Å². The maximum atomic E-state index is 13.5. The molecule has 0 bridgehead atoms. The van der Waals surface area contributed by atoms with Crippen LogP contribution in [0.1, 0.15) is 65.7 Å². The van der Waals surface area contributed by atoms with Crippen LogP contribution in [-0.4, -0.2) is 70.9 Å². The number of nitro groups is 1. The highest BCUT2D eigenvalue weighted by atomic mass is 19.4. The maximum Gasteiger partial charge on any atom is 0.392 e. The van der Waals surface area contributed by atoms with E-state index in [9.17, 15) is 28.4 Å². The second-order valence-corrected chi connectivity index (χ2v) is 11.8. The summed E-state index contributed by atoms with van der Waals surface area (Å²) in [5, 5.41) is 32.5. The third kappa shape index (κ3) is 5.79. The molecular weight excluding hydrogens is 463 g/mol. The van der Waals surface area contributed by atoms with E-state index in [-0.39, 0.29) is 37.1 Å². The minimum Gasteiger partial charge on any atom is -0.378 e. The average molecular weight is 506 g/mol. The topological polar surface area (TPSA) is 103 Å². The van der Waals surface area contributed by atoms with Crippen molar-refractivity contribution in [3.8, 4) is 0 Å². The van der Waals surface area contributed by atoms with E-state index in [4.69, 9.17) is 0 Å². The Hall–Kier alpha value is -1.01. The number of nitrogens with zero attached hydrogens (tertiary/aromatic N) is 2. The van der Waals surface area contributed by atoms with Gasteiger partial charge >= 0.3 is 6.18 Å². The number of halogens is 3. The van der Waals surface area contributed by atoms with Gasteiger partial charge in [-0.1, -0.05) is 6.92 Å². The van der Waals surface area contributed by atoms with Crippen LogP contribution in [0.4, 0.5) is 13.2 Å². The Balaban J connectivity index is 1.47. The van der Waals surface area contributed by atoms with E-state index >= 15 is 0 Å². The van der Waals surface area contributed by atoms with Crippen molar-refractivity contribution in [2.24, 2.45) is 29.6 Å². The Morgan fingerprint density at radius 3 is 2.40 bits per heavy atom. The summed E-state index contributed by atoms with van der Waals surface area (Å²) >= 11 is 0. The number of alkyl halides is 3. The van der Waals surface area contributed by atoms with Gasteiger partial charge < -0.3 is 5.11 Å². The number of hydrogen-bond donors (Lipinski definition) is 4. The highest BCUT2D eigenvalue weighted by Crippen LogP contribution is 2.44. The normalized spacial score (nSPS) is 46.2. The molecule has 4 rings (SSSR count). The quantitative estimate of drug-likeness (QED) is 0.337. The van der Waals surface area contributed by atoms with E-state index < -0.39 is 41.6 Å². The zero-order valence-corrected chi connectivity index (χ0v) is 21.2. The predicted molar refractivity (Wildman–Crippen MR) is 126 cm³/mol. The lowest BCUT2D eigenvalue weighted by Gasteiger charge is -2.52. The highest BCUT2D eigenvalue weighted by molar-refractivity contribution is 5.02. The molecule has 4 fully saturated rings. The first kappa shape index (κ1) is 27.0. The molecule has 35 heavy (non-hydrogen) atoms.